The summed E-state index contributed by atoms with van der Waals surface area (Å²) < 4.78 is 18.8. The smallest absolute Gasteiger partial charge is 0.282 e. The van der Waals surface area contributed by atoms with Crippen LogP contribution in [0.15, 0.2) is 60.7 Å². The highest BCUT2D eigenvalue weighted by molar-refractivity contribution is 6.03. The number of likely N-dealkylation sites (N-methyl/N-ethyl adjacent to an activating group) is 1. The predicted molar refractivity (Wildman–Crippen MR) is 106 cm³/mol. The van der Waals surface area contributed by atoms with Crippen molar-refractivity contribution in [3.05, 3.63) is 72.0 Å². The Balaban J connectivity index is 1.70. The van der Waals surface area contributed by atoms with Gasteiger partial charge in [0.15, 0.2) is 17.6 Å². The first-order valence-electron chi connectivity index (χ1n) is 8.93. The molecule has 1 unspecified atom stereocenters. The van der Waals surface area contributed by atoms with Crippen molar-refractivity contribution in [1.29, 1.82) is 0 Å². The fourth-order valence-electron chi connectivity index (χ4n) is 3.09. The Kier molecular flexibility index (Phi) is 5.72. The van der Waals surface area contributed by atoms with Crippen LogP contribution < -0.4 is 15.0 Å². The minimum atomic E-state index is -0.393. The highest BCUT2D eigenvalue weighted by Crippen LogP contribution is 2.23. The van der Waals surface area contributed by atoms with E-state index in [0.717, 1.165) is 26.9 Å². The van der Waals surface area contributed by atoms with E-state index in [-0.39, 0.29) is 17.7 Å². The second kappa shape index (κ2) is 8.18. The standard InChI is InChI=1S/C22H23FN2O2/c1-15(25(2)14-16-11-12-21(27-3)19(23)13-16)22(26)24-20-10-6-8-17-7-4-5-9-18(17)20/h4-13,15H,14H2,1-3H3,(H,24,26)/p+1/t15-/m0/s1. The molecule has 4 nitrogen and oxygen atoms in total. The Morgan fingerprint density at radius 1 is 1.15 bits per heavy atom. The van der Waals surface area contributed by atoms with Gasteiger partial charge in [-0.25, -0.2) is 4.39 Å². The molecule has 0 saturated heterocycles. The number of hydrogen-bond donors (Lipinski definition) is 2. The molecule has 0 aliphatic heterocycles. The largest absolute Gasteiger partial charge is 0.494 e. The van der Waals surface area contributed by atoms with E-state index in [1.54, 1.807) is 6.07 Å². The maximum atomic E-state index is 13.9. The molecule has 1 amide bonds. The molecule has 0 fully saturated rings. The number of carbonyl (C=O) groups is 1. The average Bonchev–Trinajstić information content (AvgIpc) is 2.67. The molecule has 3 rings (SSSR count). The summed E-state index contributed by atoms with van der Waals surface area (Å²) in [6, 6.07) is 18.4. The maximum absolute atomic E-state index is 13.9. The van der Waals surface area contributed by atoms with Gasteiger partial charge in [0.25, 0.3) is 5.91 Å². The fraction of sp³-hybridized carbons (Fsp3) is 0.227. The summed E-state index contributed by atoms with van der Waals surface area (Å²) in [5.41, 5.74) is 1.61. The first kappa shape index (κ1) is 18.9. The van der Waals surface area contributed by atoms with E-state index in [9.17, 15) is 9.18 Å². The van der Waals surface area contributed by atoms with E-state index < -0.39 is 5.82 Å². The van der Waals surface area contributed by atoms with Crippen molar-refractivity contribution in [1.82, 2.24) is 0 Å². The molecule has 2 atom stereocenters. The number of nitrogens with one attached hydrogen (secondary N) is 2. The van der Waals surface area contributed by atoms with Gasteiger partial charge in [0.2, 0.25) is 0 Å². The van der Waals surface area contributed by atoms with Crippen LogP contribution in [0, 0.1) is 5.82 Å². The molecule has 0 heterocycles. The van der Waals surface area contributed by atoms with E-state index in [4.69, 9.17) is 4.74 Å². The molecule has 140 valence electrons. The molecule has 0 radical (unpaired) electrons. The van der Waals surface area contributed by atoms with Gasteiger partial charge in [0.1, 0.15) is 6.54 Å². The van der Waals surface area contributed by atoms with Crippen LogP contribution in [0.1, 0.15) is 12.5 Å². The Hall–Kier alpha value is -2.92. The van der Waals surface area contributed by atoms with E-state index in [0.29, 0.717) is 6.54 Å². The molecule has 0 bridgehead atoms. The van der Waals surface area contributed by atoms with Crippen LogP contribution >= 0.6 is 0 Å². The third-order valence-electron chi connectivity index (χ3n) is 4.88. The summed E-state index contributed by atoms with van der Waals surface area (Å²) in [5.74, 6) is -0.244. The molecule has 5 heteroatoms. The molecule has 0 aliphatic carbocycles. The summed E-state index contributed by atoms with van der Waals surface area (Å²) in [6.45, 7) is 2.40. The summed E-state index contributed by atoms with van der Waals surface area (Å²) in [4.78, 5) is 13.7. The summed E-state index contributed by atoms with van der Waals surface area (Å²) >= 11 is 0. The lowest BCUT2D eigenvalue weighted by Gasteiger charge is -2.21. The number of ether oxygens (including phenoxy) is 1. The van der Waals surface area contributed by atoms with Gasteiger partial charge in [-0.2, -0.15) is 0 Å². The van der Waals surface area contributed by atoms with Crippen LogP contribution in [0.2, 0.25) is 0 Å². The monoisotopic (exact) mass is 367 g/mol. The molecule has 2 N–H and O–H groups in total. The molecule has 3 aromatic carbocycles. The van der Waals surface area contributed by atoms with Gasteiger partial charge in [-0.3, -0.25) is 4.79 Å². The van der Waals surface area contributed by atoms with Crippen molar-refractivity contribution in [3.63, 3.8) is 0 Å². The van der Waals surface area contributed by atoms with Gasteiger partial charge in [-0.1, -0.05) is 36.4 Å². The average molecular weight is 367 g/mol. The number of hydrogen-bond acceptors (Lipinski definition) is 2. The van der Waals surface area contributed by atoms with Gasteiger partial charge >= 0.3 is 0 Å². The van der Waals surface area contributed by atoms with Crippen LogP contribution in [-0.4, -0.2) is 26.1 Å². The first-order valence-corrected chi connectivity index (χ1v) is 8.93. The summed E-state index contributed by atoms with van der Waals surface area (Å²) in [6.07, 6.45) is 0. The highest BCUT2D eigenvalue weighted by Gasteiger charge is 2.23. The van der Waals surface area contributed by atoms with Crippen molar-refractivity contribution < 1.29 is 18.8 Å². The summed E-state index contributed by atoms with van der Waals surface area (Å²) in [7, 11) is 3.37. The Bertz CT molecular complexity index is 953. The Morgan fingerprint density at radius 3 is 2.63 bits per heavy atom. The fourth-order valence-corrected chi connectivity index (χ4v) is 3.09. The number of fused-ring (bicyclic) bond motifs is 1. The number of methoxy groups -OCH3 is 1. The Labute approximate surface area is 158 Å². The molecular weight excluding hydrogens is 343 g/mol. The lowest BCUT2D eigenvalue weighted by Crippen LogP contribution is -3.12. The zero-order valence-corrected chi connectivity index (χ0v) is 15.8. The van der Waals surface area contributed by atoms with Crippen molar-refractivity contribution in [2.45, 2.75) is 19.5 Å². The Morgan fingerprint density at radius 2 is 1.89 bits per heavy atom. The zero-order valence-electron chi connectivity index (χ0n) is 15.8. The van der Waals surface area contributed by atoms with Gasteiger partial charge in [0, 0.05) is 16.6 Å². The third kappa shape index (κ3) is 4.26. The van der Waals surface area contributed by atoms with Crippen LogP contribution in [0.5, 0.6) is 5.75 Å². The second-order valence-electron chi connectivity index (χ2n) is 6.73. The number of rotatable bonds is 6. The minimum Gasteiger partial charge on any atom is -0.494 e. The second-order valence-corrected chi connectivity index (χ2v) is 6.73. The van der Waals surface area contributed by atoms with Crippen molar-refractivity contribution >= 4 is 22.4 Å². The van der Waals surface area contributed by atoms with E-state index in [2.05, 4.69) is 5.32 Å². The van der Waals surface area contributed by atoms with Gasteiger partial charge in [-0.15, -0.1) is 0 Å². The van der Waals surface area contributed by atoms with E-state index >= 15 is 0 Å². The SMILES string of the molecule is COc1ccc(C[NH+](C)[C@@H](C)C(=O)Nc2cccc3ccccc23)cc1F. The number of anilines is 1. The van der Waals surface area contributed by atoms with Crippen molar-refractivity contribution in [3.8, 4) is 5.75 Å². The quantitative estimate of drug-likeness (QED) is 0.703. The van der Waals surface area contributed by atoms with Gasteiger partial charge in [0.05, 0.1) is 14.2 Å². The third-order valence-corrected chi connectivity index (χ3v) is 4.88. The van der Waals surface area contributed by atoms with Crippen LogP contribution in [-0.2, 0) is 11.3 Å². The van der Waals surface area contributed by atoms with Crippen molar-refractivity contribution in [2.75, 3.05) is 19.5 Å². The molecule has 3 aromatic rings. The highest BCUT2D eigenvalue weighted by atomic mass is 19.1. The van der Waals surface area contributed by atoms with Gasteiger partial charge < -0.3 is 15.0 Å². The normalized spacial score (nSPS) is 13.2. The van der Waals surface area contributed by atoms with E-state index in [1.807, 2.05) is 62.5 Å². The molecule has 0 aromatic heterocycles. The molecule has 27 heavy (non-hydrogen) atoms. The van der Waals surface area contributed by atoms with Crippen LogP contribution in [0.25, 0.3) is 10.8 Å². The lowest BCUT2D eigenvalue weighted by molar-refractivity contribution is -0.907. The predicted octanol–water partition coefficient (Wildman–Crippen LogP) is 3.03. The molecular formula is C22H24FN2O2+. The van der Waals surface area contributed by atoms with Crippen LogP contribution in [0.4, 0.5) is 10.1 Å². The number of amides is 1. The van der Waals surface area contributed by atoms with Crippen LogP contribution in [0.3, 0.4) is 0 Å². The first-order chi connectivity index (χ1) is 13.0. The molecule has 0 saturated carbocycles. The van der Waals surface area contributed by atoms with Crippen molar-refractivity contribution in [2.24, 2.45) is 0 Å². The maximum Gasteiger partial charge on any atom is 0.282 e. The lowest BCUT2D eigenvalue weighted by atomic mass is 10.1. The number of benzene rings is 3. The minimum absolute atomic E-state index is 0.0714. The number of quaternary nitrogens is 1. The topological polar surface area (TPSA) is 42.8 Å². The van der Waals surface area contributed by atoms with E-state index in [1.165, 1.54) is 13.2 Å². The summed E-state index contributed by atoms with van der Waals surface area (Å²) in [5, 5.41) is 5.12. The number of carbonyl (C=O) groups excluding carboxylic acids is 1. The zero-order chi connectivity index (χ0) is 19.4. The molecule has 0 aliphatic rings. The van der Waals surface area contributed by atoms with Gasteiger partial charge in [-0.05, 0) is 36.6 Å². The number of halogens is 1. The molecule has 0 spiro atoms.